The average Bonchev–Trinajstić information content (AvgIpc) is 2.98. The van der Waals surface area contributed by atoms with E-state index < -0.39 is 5.97 Å². The number of aromatic amines is 1. The van der Waals surface area contributed by atoms with Crippen LogP contribution in [0.25, 0.3) is 11.3 Å². The monoisotopic (exact) mass is 270 g/mol. The molecule has 1 aliphatic rings. The number of hydrogen-bond acceptors (Lipinski definition) is 2. The minimum atomic E-state index is -0.978. The van der Waals surface area contributed by atoms with Crippen LogP contribution in [0.3, 0.4) is 0 Å². The summed E-state index contributed by atoms with van der Waals surface area (Å²) in [4.78, 5) is 17.9. The molecule has 0 aliphatic heterocycles. The van der Waals surface area contributed by atoms with Crippen molar-refractivity contribution < 1.29 is 9.90 Å². The lowest BCUT2D eigenvalue weighted by Crippen LogP contribution is -2.04. The van der Waals surface area contributed by atoms with Crippen molar-refractivity contribution in [1.82, 2.24) is 9.97 Å². The SMILES string of the molecule is O=C(O)c1[nH]cnc1-c1ccc(C2CCCCC2)cc1. The van der Waals surface area contributed by atoms with Gasteiger partial charge in [0, 0.05) is 5.56 Å². The fraction of sp³-hybridized carbons (Fsp3) is 0.375. The van der Waals surface area contributed by atoms with Gasteiger partial charge in [-0.3, -0.25) is 0 Å². The highest BCUT2D eigenvalue weighted by atomic mass is 16.4. The van der Waals surface area contributed by atoms with Gasteiger partial charge < -0.3 is 10.1 Å². The molecule has 0 atom stereocenters. The summed E-state index contributed by atoms with van der Waals surface area (Å²) in [6, 6.07) is 8.19. The Morgan fingerprint density at radius 2 is 1.85 bits per heavy atom. The molecule has 1 saturated carbocycles. The van der Waals surface area contributed by atoms with E-state index in [0.29, 0.717) is 11.6 Å². The van der Waals surface area contributed by atoms with Gasteiger partial charge in [-0.05, 0) is 24.3 Å². The molecule has 20 heavy (non-hydrogen) atoms. The van der Waals surface area contributed by atoms with Gasteiger partial charge in [0.1, 0.15) is 5.69 Å². The number of carboxylic acid groups (broad SMARTS) is 1. The number of rotatable bonds is 3. The van der Waals surface area contributed by atoms with E-state index in [2.05, 4.69) is 22.1 Å². The Kier molecular flexibility index (Phi) is 3.54. The highest BCUT2D eigenvalue weighted by Crippen LogP contribution is 2.33. The van der Waals surface area contributed by atoms with Gasteiger partial charge in [0.15, 0.2) is 5.69 Å². The first kappa shape index (κ1) is 12.9. The zero-order chi connectivity index (χ0) is 13.9. The molecule has 0 bridgehead atoms. The third-order valence-electron chi connectivity index (χ3n) is 4.11. The van der Waals surface area contributed by atoms with E-state index >= 15 is 0 Å². The number of imidazole rings is 1. The van der Waals surface area contributed by atoms with Gasteiger partial charge in [0.2, 0.25) is 0 Å². The van der Waals surface area contributed by atoms with Crippen molar-refractivity contribution in [2.75, 3.05) is 0 Å². The minimum Gasteiger partial charge on any atom is -0.477 e. The summed E-state index contributed by atoms with van der Waals surface area (Å²) in [5, 5.41) is 9.10. The predicted octanol–water partition coefficient (Wildman–Crippen LogP) is 3.82. The average molecular weight is 270 g/mol. The van der Waals surface area contributed by atoms with E-state index in [0.717, 1.165) is 5.56 Å². The molecule has 0 amide bonds. The third-order valence-corrected chi connectivity index (χ3v) is 4.11. The standard InChI is InChI=1S/C16H18N2O2/c19-16(20)15-14(17-10-18-15)13-8-6-12(7-9-13)11-4-2-1-3-5-11/h6-11H,1-5H2,(H,17,18)(H,19,20). The molecule has 0 radical (unpaired) electrons. The number of hydrogen-bond donors (Lipinski definition) is 2. The number of nitrogens with one attached hydrogen (secondary N) is 1. The topological polar surface area (TPSA) is 66.0 Å². The zero-order valence-corrected chi connectivity index (χ0v) is 11.3. The van der Waals surface area contributed by atoms with E-state index in [9.17, 15) is 4.79 Å². The first-order valence-corrected chi connectivity index (χ1v) is 7.12. The van der Waals surface area contributed by atoms with Crippen LogP contribution in [0.4, 0.5) is 0 Å². The Bertz CT molecular complexity index is 595. The summed E-state index contributed by atoms with van der Waals surface area (Å²) in [5.41, 5.74) is 2.87. The number of carbonyl (C=O) groups is 1. The molecule has 1 aromatic carbocycles. The number of benzene rings is 1. The Morgan fingerprint density at radius 1 is 1.15 bits per heavy atom. The van der Waals surface area contributed by atoms with Gasteiger partial charge in [-0.25, -0.2) is 9.78 Å². The lowest BCUT2D eigenvalue weighted by Gasteiger charge is -2.22. The smallest absolute Gasteiger partial charge is 0.354 e. The minimum absolute atomic E-state index is 0.149. The van der Waals surface area contributed by atoms with Crippen LogP contribution in [-0.2, 0) is 0 Å². The van der Waals surface area contributed by atoms with Gasteiger partial charge in [0.05, 0.1) is 6.33 Å². The number of nitrogens with zero attached hydrogens (tertiary/aromatic N) is 1. The summed E-state index contributed by atoms with van der Waals surface area (Å²) in [5.74, 6) is -0.315. The molecule has 4 heteroatoms. The molecule has 1 aromatic heterocycles. The molecule has 0 unspecified atom stereocenters. The summed E-state index contributed by atoms with van der Waals surface area (Å²) in [6.45, 7) is 0. The molecular formula is C16H18N2O2. The molecule has 4 nitrogen and oxygen atoms in total. The van der Waals surface area contributed by atoms with Gasteiger partial charge in [-0.2, -0.15) is 0 Å². The summed E-state index contributed by atoms with van der Waals surface area (Å²) in [7, 11) is 0. The maximum Gasteiger partial charge on any atom is 0.354 e. The number of carboxylic acids is 1. The Hall–Kier alpha value is -2.10. The van der Waals surface area contributed by atoms with Crippen molar-refractivity contribution in [2.24, 2.45) is 0 Å². The van der Waals surface area contributed by atoms with Crippen LogP contribution >= 0.6 is 0 Å². The lowest BCUT2D eigenvalue weighted by molar-refractivity contribution is 0.0692. The molecule has 2 aromatic rings. The first-order chi connectivity index (χ1) is 9.75. The third kappa shape index (κ3) is 2.46. The van der Waals surface area contributed by atoms with Crippen LogP contribution in [0.15, 0.2) is 30.6 Å². The van der Waals surface area contributed by atoms with Crippen molar-refractivity contribution in [1.29, 1.82) is 0 Å². The maximum atomic E-state index is 11.1. The largest absolute Gasteiger partial charge is 0.477 e. The quantitative estimate of drug-likeness (QED) is 0.891. The Morgan fingerprint density at radius 3 is 2.50 bits per heavy atom. The highest BCUT2D eigenvalue weighted by Gasteiger charge is 2.17. The van der Waals surface area contributed by atoms with Crippen molar-refractivity contribution in [3.05, 3.63) is 41.9 Å². The Labute approximate surface area is 117 Å². The van der Waals surface area contributed by atoms with Crippen LogP contribution in [0.1, 0.15) is 54.1 Å². The number of aromatic carboxylic acids is 1. The van der Waals surface area contributed by atoms with E-state index in [1.807, 2.05) is 12.1 Å². The fourth-order valence-corrected chi connectivity index (χ4v) is 3.03. The van der Waals surface area contributed by atoms with Crippen LogP contribution in [0.5, 0.6) is 0 Å². The number of H-pyrrole nitrogens is 1. The van der Waals surface area contributed by atoms with Gasteiger partial charge >= 0.3 is 5.97 Å². The van der Waals surface area contributed by atoms with E-state index in [1.54, 1.807) is 0 Å². The lowest BCUT2D eigenvalue weighted by atomic mass is 9.84. The fourth-order valence-electron chi connectivity index (χ4n) is 3.03. The van der Waals surface area contributed by atoms with Gasteiger partial charge in [0.25, 0.3) is 0 Å². The molecule has 3 rings (SSSR count). The van der Waals surface area contributed by atoms with E-state index in [1.165, 1.54) is 44.0 Å². The second kappa shape index (κ2) is 5.49. The maximum absolute atomic E-state index is 11.1. The van der Waals surface area contributed by atoms with Crippen LogP contribution in [-0.4, -0.2) is 21.0 Å². The van der Waals surface area contributed by atoms with Crippen molar-refractivity contribution in [3.63, 3.8) is 0 Å². The van der Waals surface area contributed by atoms with Crippen LogP contribution in [0.2, 0.25) is 0 Å². The van der Waals surface area contributed by atoms with Crippen molar-refractivity contribution in [2.45, 2.75) is 38.0 Å². The van der Waals surface area contributed by atoms with Gasteiger partial charge in [-0.1, -0.05) is 43.5 Å². The molecule has 1 aliphatic carbocycles. The van der Waals surface area contributed by atoms with Crippen molar-refractivity contribution in [3.8, 4) is 11.3 Å². The van der Waals surface area contributed by atoms with E-state index in [-0.39, 0.29) is 5.69 Å². The normalized spacial score (nSPS) is 16.2. The molecule has 2 N–H and O–H groups in total. The van der Waals surface area contributed by atoms with Crippen molar-refractivity contribution >= 4 is 5.97 Å². The molecular weight excluding hydrogens is 252 g/mol. The molecule has 0 spiro atoms. The van der Waals surface area contributed by atoms with Crippen LogP contribution in [0, 0.1) is 0 Å². The second-order valence-corrected chi connectivity index (χ2v) is 5.39. The second-order valence-electron chi connectivity index (χ2n) is 5.39. The molecule has 104 valence electrons. The summed E-state index contributed by atoms with van der Waals surface area (Å²) in [6.07, 6.45) is 7.94. The predicted molar refractivity (Wildman–Crippen MR) is 76.8 cm³/mol. The zero-order valence-electron chi connectivity index (χ0n) is 11.3. The Balaban J connectivity index is 1.85. The molecule has 1 heterocycles. The first-order valence-electron chi connectivity index (χ1n) is 7.12. The summed E-state index contributed by atoms with van der Waals surface area (Å²) < 4.78 is 0. The highest BCUT2D eigenvalue weighted by molar-refractivity contribution is 5.92. The van der Waals surface area contributed by atoms with E-state index in [4.69, 9.17) is 5.11 Å². The molecule has 0 saturated heterocycles. The van der Waals surface area contributed by atoms with Crippen LogP contribution < -0.4 is 0 Å². The molecule has 1 fully saturated rings. The summed E-state index contributed by atoms with van der Waals surface area (Å²) >= 11 is 0. The van der Waals surface area contributed by atoms with Gasteiger partial charge in [-0.15, -0.1) is 0 Å². The number of aromatic nitrogens is 2.